The van der Waals surface area contributed by atoms with Gasteiger partial charge in [-0.2, -0.15) is 8.42 Å². The molecular formula is C13H14FN3O5S. The lowest BCUT2D eigenvalue weighted by Crippen LogP contribution is -2.52. The van der Waals surface area contributed by atoms with Crippen LogP contribution in [0.2, 0.25) is 0 Å². The number of fused-ring (bicyclic) bond motifs is 2. The first kappa shape index (κ1) is 16.2. The number of azide groups is 1. The Bertz CT molecular complexity index is 734. The summed E-state index contributed by atoms with van der Waals surface area (Å²) in [4.78, 5) is 2.50. The third-order valence-electron chi connectivity index (χ3n) is 3.75. The first-order chi connectivity index (χ1) is 10.9. The summed E-state index contributed by atoms with van der Waals surface area (Å²) in [7, 11) is -4.21. The number of hydrogen-bond acceptors (Lipinski definition) is 6. The lowest BCUT2D eigenvalue weighted by atomic mass is 10.0. The van der Waals surface area contributed by atoms with E-state index in [0.717, 1.165) is 5.56 Å². The Kier molecular flexibility index (Phi) is 4.26. The average molecular weight is 343 g/mol. The minimum Gasteiger partial charge on any atom is -0.349 e. The molecule has 0 aromatic heterocycles. The Morgan fingerprint density at radius 3 is 2.74 bits per heavy atom. The third-order valence-corrected chi connectivity index (χ3v) is 5.08. The molecule has 2 heterocycles. The van der Waals surface area contributed by atoms with E-state index >= 15 is 0 Å². The van der Waals surface area contributed by atoms with Crippen molar-refractivity contribution >= 4 is 10.1 Å². The number of hydrogen-bond donors (Lipinski definition) is 0. The minimum absolute atomic E-state index is 0.0479. The zero-order valence-corrected chi connectivity index (χ0v) is 12.9. The van der Waals surface area contributed by atoms with Crippen LogP contribution in [0.25, 0.3) is 10.4 Å². The van der Waals surface area contributed by atoms with Crippen molar-refractivity contribution in [3.63, 3.8) is 0 Å². The normalized spacial score (nSPS) is 33.2. The second kappa shape index (κ2) is 6.06. The van der Waals surface area contributed by atoms with E-state index in [-0.39, 0.29) is 11.5 Å². The van der Waals surface area contributed by atoms with E-state index in [1.54, 1.807) is 19.1 Å². The molecule has 23 heavy (non-hydrogen) atoms. The van der Waals surface area contributed by atoms with Crippen molar-refractivity contribution in [2.24, 2.45) is 5.11 Å². The van der Waals surface area contributed by atoms with Crippen LogP contribution < -0.4 is 0 Å². The molecule has 0 aliphatic carbocycles. The average Bonchev–Trinajstić information content (AvgIpc) is 2.95. The van der Waals surface area contributed by atoms with Crippen molar-refractivity contribution in [3.8, 4) is 0 Å². The van der Waals surface area contributed by atoms with Gasteiger partial charge in [-0.3, -0.25) is 4.18 Å². The van der Waals surface area contributed by atoms with E-state index in [4.69, 9.17) is 19.2 Å². The zero-order chi connectivity index (χ0) is 16.6. The topological polar surface area (TPSA) is 111 Å². The van der Waals surface area contributed by atoms with Crippen LogP contribution in [0.3, 0.4) is 0 Å². The van der Waals surface area contributed by atoms with Gasteiger partial charge in [-0.15, -0.1) is 0 Å². The number of alkyl halides is 1. The highest BCUT2D eigenvalue weighted by Gasteiger charge is 2.53. The molecule has 1 aromatic rings. The van der Waals surface area contributed by atoms with E-state index in [1.807, 2.05) is 0 Å². The molecule has 0 amide bonds. The predicted molar refractivity (Wildman–Crippen MR) is 75.7 cm³/mol. The van der Waals surface area contributed by atoms with Crippen LogP contribution in [-0.2, 0) is 23.8 Å². The molecule has 0 saturated carbocycles. The summed E-state index contributed by atoms with van der Waals surface area (Å²) in [5, 5.41) is 3.39. The second-order valence-corrected chi connectivity index (χ2v) is 6.92. The largest absolute Gasteiger partial charge is 0.349 e. The Morgan fingerprint density at radius 1 is 1.39 bits per heavy atom. The summed E-state index contributed by atoms with van der Waals surface area (Å²) in [6.07, 6.45) is -5.24. The third kappa shape index (κ3) is 3.04. The molecule has 0 N–H and O–H groups in total. The molecule has 124 valence electrons. The molecule has 2 aliphatic rings. The fourth-order valence-corrected chi connectivity index (χ4v) is 3.63. The Labute approximate surface area is 131 Å². The minimum atomic E-state index is -4.21. The molecular weight excluding hydrogens is 329 g/mol. The fraction of sp³-hybridized carbons (Fsp3) is 0.538. The van der Waals surface area contributed by atoms with Gasteiger partial charge in [-0.05, 0) is 24.6 Å². The number of ether oxygens (including phenoxy) is 2. The molecule has 2 saturated heterocycles. The van der Waals surface area contributed by atoms with Crippen LogP contribution in [0.15, 0.2) is 34.3 Å². The molecule has 0 radical (unpaired) electrons. The summed E-state index contributed by atoms with van der Waals surface area (Å²) in [6.45, 7) is 1.76. The zero-order valence-electron chi connectivity index (χ0n) is 12.1. The maximum absolute atomic E-state index is 14.4. The van der Waals surface area contributed by atoms with Gasteiger partial charge >= 0.3 is 0 Å². The molecule has 2 aliphatic heterocycles. The Morgan fingerprint density at radius 2 is 2.09 bits per heavy atom. The van der Waals surface area contributed by atoms with Gasteiger partial charge in [0, 0.05) is 4.91 Å². The van der Waals surface area contributed by atoms with Gasteiger partial charge in [0.05, 0.1) is 11.5 Å². The van der Waals surface area contributed by atoms with Gasteiger partial charge in [0.2, 0.25) is 0 Å². The number of benzene rings is 1. The van der Waals surface area contributed by atoms with Crippen LogP contribution in [-0.4, -0.2) is 45.7 Å². The van der Waals surface area contributed by atoms with Crippen LogP contribution >= 0.6 is 0 Å². The van der Waals surface area contributed by atoms with Crippen molar-refractivity contribution in [2.45, 2.75) is 42.5 Å². The molecule has 2 bridgehead atoms. The lowest BCUT2D eigenvalue weighted by molar-refractivity contribution is -0.152. The standard InChI is InChI=1S/C13H14FN3O5S/c1-7-2-4-8(5-3-7)23(18,19)22-12-10(14)9-6-20-13(21-9)11(12)16-17-15/h2-5,9-13H,6H2,1H3/t9-,10-,11-,12+,13-/m1/s1. The van der Waals surface area contributed by atoms with Crippen LogP contribution in [0.5, 0.6) is 0 Å². The highest BCUT2D eigenvalue weighted by molar-refractivity contribution is 7.86. The molecule has 1 aromatic carbocycles. The lowest BCUT2D eigenvalue weighted by Gasteiger charge is -2.34. The Balaban J connectivity index is 1.89. The van der Waals surface area contributed by atoms with Gasteiger partial charge in [0.1, 0.15) is 18.2 Å². The second-order valence-electron chi connectivity index (χ2n) is 5.34. The van der Waals surface area contributed by atoms with Gasteiger partial charge in [-0.25, -0.2) is 4.39 Å². The van der Waals surface area contributed by atoms with Gasteiger partial charge in [0.25, 0.3) is 10.1 Å². The van der Waals surface area contributed by atoms with E-state index < -0.39 is 40.8 Å². The monoisotopic (exact) mass is 343 g/mol. The van der Waals surface area contributed by atoms with Gasteiger partial charge in [0.15, 0.2) is 12.5 Å². The molecule has 5 atom stereocenters. The van der Waals surface area contributed by atoms with Crippen molar-refractivity contribution in [3.05, 3.63) is 40.3 Å². The van der Waals surface area contributed by atoms with E-state index in [0.29, 0.717) is 0 Å². The van der Waals surface area contributed by atoms with Crippen molar-refractivity contribution < 1.29 is 26.5 Å². The number of halogens is 1. The quantitative estimate of drug-likeness (QED) is 0.358. The smallest absolute Gasteiger partial charge is 0.297 e. The first-order valence-corrected chi connectivity index (χ1v) is 8.28. The molecule has 3 rings (SSSR count). The van der Waals surface area contributed by atoms with Crippen LogP contribution in [0, 0.1) is 6.92 Å². The summed E-state index contributed by atoms with van der Waals surface area (Å²) >= 11 is 0. The van der Waals surface area contributed by atoms with E-state index in [9.17, 15) is 12.8 Å². The predicted octanol–water partition coefficient (Wildman–Crippen LogP) is 1.84. The Hall–Kier alpha value is -1.71. The van der Waals surface area contributed by atoms with Gasteiger partial charge < -0.3 is 9.47 Å². The van der Waals surface area contributed by atoms with Crippen LogP contribution in [0.4, 0.5) is 4.39 Å². The van der Waals surface area contributed by atoms with E-state index in [2.05, 4.69) is 10.0 Å². The summed E-state index contributed by atoms with van der Waals surface area (Å²) in [5.74, 6) is 0. The number of aryl methyl sites for hydroxylation is 1. The number of rotatable bonds is 4. The fourth-order valence-electron chi connectivity index (χ4n) is 2.54. The first-order valence-electron chi connectivity index (χ1n) is 6.87. The number of nitrogens with zero attached hydrogens (tertiary/aromatic N) is 3. The van der Waals surface area contributed by atoms with Crippen molar-refractivity contribution in [1.29, 1.82) is 0 Å². The summed E-state index contributed by atoms with van der Waals surface area (Å²) < 4.78 is 54.5. The van der Waals surface area contributed by atoms with Crippen LogP contribution in [0.1, 0.15) is 5.56 Å². The highest BCUT2D eigenvalue weighted by Crippen LogP contribution is 2.35. The maximum atomic E-state index is 14.4. The van der Waals surface area contributed by atoms with Gasteiger partial charge in [-0.1, -0.05) is 22.8 Å². The molecule has 0 spiro atoms. The maximum Gasteiger partial charge on any atom is 0.297 e. The molecule has 2 fully saturated rings. The molecule has 8 nitrogen and oxygen atoms in total. The highest BCUT2D eigenvalue weighted by atomic mass is 32.2. The summed E-state index contributed by atoms with van der Waals surface area (Å²) in [5.41, 5.74) is 9.49. The SMILES string of the molecule is Cc1ccc(S(=O)(=O)O[C@H]2[C@H](F)[C@H]3CO[C@H](O3)[C@@H]2N=[N+]=[N-])cc1. The summed E-state index contributed by atoms with van der Waals surface area (Å²) in [6, 6.07) is 4.71. The van der Waals surface area contributed by atoms with Crippen molar-refractivity contribution in [2.75, 3.05) is 6.61 Å². The van der Waals surface area contributed by atoms with E-state index in [1.165, 1.54) is 12.1 Å². The molecule has 10 heteroatoms. The molecule has 0 unspecified atom stereocenters. The van der Waals surface area contributed by atoms with Crippen molar-refractivity contribution in [1.82, 2.24) is 0 Å².